The van der Waals surface area contributed by atoms with Crippen LogP contribution in [0.5, 0.6) is 0 Å². The summed E-state index contributed by atoms with van der Waals surface area (Å²) in [5.41, 5.74) is -0.753. The van der Waals surface area contributed by atoms with E-state index in [2.05, 4.69) is 15.7 Å². The Kier molecular flexibility index (Phi) is 6.20. The SMILES string of the molecule is CC(C)(CO)C(=O)n1nc(C2CCNCC2)c(F)c1NCc1ccc(Cl)s1. The van der Waals surface area contributed by atoms with E-state index in [9.17, 15) is 9.90 Å². The van der Waals surface area contributed by atoms with Crippen LogP contribution in [0.4, 0.5) is 10.2 Å². The van der Waals surface area contributed by atoms with Crippen molar-refractivity contribution in [2.45, 2.75) is 39.2 Å². The molecule has 3 N–H and O–H groups in total. The lowest BCUT2D eigenvalue weighted by molar-refractivity contribution is 0.0615. The molecule has 2 aromatic heterocycles. The lowest BCUT2D eigenvalue weighted by Crippen LogP contribution is -2.34. The Morgan fingerprint density at radius 2 is 2.19 bits per heavy atom. The van der Waals surface area contributed by atoms with Gasteiger partial charge in [-0.3, -0.25) is 4.79 Å². The molecule has 0 aliphatic carbocycles. The summed E-state index contributed by atoms with van der Waals surface area (Å²) in [5.74, 6) is -0.934. The highest BCUT2D eigenvalue weighted by Crippen LogP contribution is 2.32. The number of aromatic nitrogens is 2. The predicted molar refractivity (Wildman–Crippen MR) is 105 cm³/mol. The number of anilines is 1. The molecule has 0 saturated carbocycles. The minimum absolute atomic E-state index is 0.0331. The largest absolute Gasteiger partial charge is 0.395 e. The van der Waals surface area contributed by atoms with Crippen LogP contribution in [-0.2, 0) is 6.54 Å². The lowest BCUT2D eigenvalue weighted by Gasteiger charge is -2.21. The molecule has 1 fully saturated rings. The van der Waals surface area contributed by atoms with Crippen molar-refractivity contribution in [2.75, 3.05) is 25.0 Å². The van der Waals surface area contributed by atoms with E-state index in [0.717, 1.165) is 35.5 Å². The molecule has 1 aliphatic rings. The number of carbonyl (C=O) groups is 1. The average Bonchev–Trinajstić information content (AvgIpc) is 3.23. The summed E-state index contributed by atoms with van der Waals surface area (Å²) in [6.07, 6.45) is 1.54. The molecule has 0 atom stereocenters. The monoisotopic (exact) mass is 414 g/mol. The first-order valence-corrected chi connectivity index (χ1v) is 10.2. The summed E-state index contributed by atoms with van der Waals surface area (Å²) in [5, 5.41) is 20.1. The second-order valence-corrected chi connectivity index (χ2v) is 9.19. The van der Waals surface area contributed by atoms with Crippen LogP contribution >= 0.6 is 22.9 Å². The molecule has 148 valence electrons. The fraction of sp³-hybridized carbons (Fsp3) is 0.556. The van der Waals surface area contributed by atoms with E-state index >= 15 is 4.39 Å². The molecule has 3 rings (SSSR count). The van der Waals surface area contributed by atoms with Gasteiger partial charge in [-0.05, 0) is 51.9 Å². The number of rotatable bonds is 6. The van der Waals surface area contributed by atoms with Crippen LogP contribution in [0.25, 0.3) is 0 Å². The smallest absolute Gasteiger partial charge is 0.256 e. The normalized spacial score (nSPS) is 15.9. The van der Waals surface area contributed by atoms with Gasteiger partial charge in [0.25, 0.3) is 5.91 Å². The number of halogens is 2. The van der Waals surface area contributed by atoms with Gasteiger partial charge in [0, 0.05) is 10.8 Å². The number of aliphatic hydroxyl groups is 1. The van der Waals surface area contributed by atoms with Gasteiger partial charge in [-0.25, -0.2) is 4.39 Å². The van der Waals surface area contributed by atoms with E-state index in [0.29, 0.717) is 16.6 Å². The quantitative estimate of drug-likeness (QED) is 0.674. The number of carbonyl (C=O) groups excluding carboxylic acids is 1. The summed E-state index contributed by atoms with van der Waals surface area (Å²) >= 11 is 7.34. The van der Waals surface area contributed by atoms with Crippen molar-refractivity contribution in [3.8, 4) is 0 Å². The van der Waals surface area contributed by atoms with E-state index < -0.39 is 17.1 Å². The van der Waals surface area contributed by atoms with Gasteiger partial charge in [0.15, 0.2) is 11.6 Å². The first-order valence-electron chi connectivity index (χ1n) is 8.96. The van der Waals surface area contributed by atoms with Crippen LogP contribution in [0.15, 0.2) is 12.1 Å². The van der Waals surface area contributed by atoms with Crippen molar-refractivity contribution in [3.63, 3.8) is 0 Å². The fourth-order valence-corrected chi connectivity index (χ4v) is 4.07. The molecule has 9 heteroatoms. The van der Waals surface area contributed by atoms with Crippen LogP contribution in [0.1, 0.15) is 48.0 Å². The van der Waals surface area contributed by atoms with Gasteiger partial charge in [-0.2, -0.15) is 9.78 Å². The molecule has 0 spiro atoms. The molecule has 6 nitrogen and oxygen atoms in total. The van der Waals surface area contributed by atoms with Crippen molar-refractivity contribution >= 4 is 34.7 Å². The Morgan fingerprint density at radius 1 is 1.48 bits per heavy atom. The molecule has 0 aromatic carbocycles. The highest BCUT2D eigenvalue weighted by molar-refractivity contribution is 7.16. The topological polar surface area (TPSA) is 79.2 Å². The summed E-state index contributed by atoms with van der Waals surface area (Å²) in [6, 6.07) is 3.63. The minimum Gasteiger partial charge on any atom is -0.395 e. The Hall–Kier alpha value is -1.48. The number of nitrogens with one attached hydrogen (secondary N) is 2. The highest BCUT2D eigenvalue weighted by Gasteiger charge is 2.34. The van der Waals surface area contributed by atoms with Gasteiger partial charge in [0.05, 0.1) is 22.9 Å². The Bertz CT molecular complexity index is 814. The molecular weight excluding hydrogens is 391 g/mol. The molecule has 1 aliphatic heterocycles. The molecule has 2 aromatic rings. The second kappa shape index (κ2) is 8.26. The van der Waals surface area contributed by atoms with Crippen molar-refractivity contribution in [2.24, 2.45) is 5.41 Å². The zero-order valence-electron chi connectivity index (χ0n) is 15.4. The predicted octanol–water partition coefficient (Wildman–Crippen LogP) is 3.47. The molecule has 1 saturated heterocycles. The fourth-order valence-electron chi connectivity index (χ4n) is 3.04. The van der Waals surface area contributed by atoms with Crippen molar-refractivity contribution in [1.82, 2.24) is 15.1 Å². The molecule has 0 unspecified atom stereocenters. The number of hydrogen-bond donors (Lipinski definition) is 3. The summed E-state index contributed by atoms with van der Waals surface area (Å²) < 4.78 is 17.0. The van der Waals surface area contributed by atoms with E-state index in [1.165, 1.54) is 11.3 Å². The Balaban J connectivity index is 1.94. The summed E-state index contributed by atoms with van der Waals surface area (Å²) in [4.78, 5) is 13.8. The number of nitrogens with zero attached hydrogens (tertiary/aromatic N) is 2. The molecule has 0 bridgehead atoms. The Morgan fingerprint density at radius 3 is 2.78 bits per heavy atom. The standard InChI is InChI=1S/C18H24ClFN4O2S/c1-18(2,10-25)17(26)24-16(22-9-12-3-4-13(19)27-12)14(20)15(23-24)11-5-7-21-8-6-11/h3-4,11,21-22,25H,5-10H2,1-2H3. The number of aliphatic hydroxyl groups excluding tert-OH is 1. The molecule has 3 heterocycles. The Labute approximate surface area is 166 Å². The van der Waals surface area contributed by atoms with Gasteiger partial charge in [-0.1, -0.05) is 11.6 Å². The molecular formula is C18H24ClFN4O2S. The van der Waals surface area contributed by atoms with Gasteiger partial charge in [0.2, 0.25) is 0 Å². The second-order valence-electron chi connectivity index (χ2n) is 7.39. The maximum absolute atomic E-state index is 15.2. The van der Waals surface area contributed by atoms with Crippen LogP contribution in [0.2, 0.25) is 4.34 Å². The molecule has 0 radical (unpaired) electrons. The molecule has 27 heavy (non-hydrogen) atoms. The van der Waals surface area contributed by atoms with Crippen molar-refractivity contribution in [1.29, 1.82) is 0 Å². The summed E-state index contributed by atoms with van der Waals surface area (Å²) in [7, 11) is 0. The summed E-state index contributed by atoms with van der Waals surface area (Å²) in [6.45, 7) is 4.80. The minimum atomic E-state index is -1.06. The van der Waals surface area contributed by atoms with Gasteiger partial charge in [-0.15, -0.1) is 11.3 Å². The third kappa shape index (κ3) is 4.34. The number of thiophene rings is 1. The van der Waals surface area contributed by atoms with Gasteiger partial charge >= 0.3 is 0 Å². The van der Waals surface area contributed by atoms with E-state index in [1.54, 1.807) is 19.9 Å². The van der Waals surface area contributed by atoms with Gasteiger partial charge in [0.1, 0.15) is 5.69 Å². The third-order valence-corrected chi connectivity index (χ3v) is 6.03. The first-order chi connectivity index (χ1) is 12.8. The van der Waals surface area contributed by atoms with Crippen LogP contribution in [0.3, 0.4) is 0 Å². The zero-order valence-corrected chi connectivity index (χ0v) is 17.0. The van der Waals surface area contributed by atoms with E-state index in [-0.39, 0.29) is 18.3 Å². The van der Waals surface area contributed by atoms with E-state index in [1.807, 2.05) is 6.07 Å². The zero-order chi connectivity index (χ0) is 19.6. The van der Waals surface area contributed by atoms with Gasteiger partial charge < -0.3 is 15.7 Å². The highest BCUT2D eigenvalue weighted by atomic mass is 35.5. The molecule has 0 amide bonds. The lowest BCUT2D eigenvalue weighted by atomic mass is 9.94. The van der Waals surface area contributed by atoms with Crippen LogP contribution in [-0.4, -0.2) is 40.5 Å². The third-order valence-electron chi connectivity index (χ3n) is 4.80. The van der Waals surface area contributed by atoms with E-state index in [4.69, 9.17) is 11.6 Å². The van der Waals surface area contributed by atoms with Crippen molar-refractivity contribution < 1.29 is 14.3 Å². The van der Waals surface area contributed by atoms with Crippen molar-refractivity contribution in [3.05, 3.63) is 32.9 Å². The van der Waals surface area contributed by atoms with Crippen LogP contribution < -0.4 is 10.6 Å². The average molecular weight is 415 g/mol. The van der Waals surface area contributed by atoms with Crippen LogP contribution in [0, 0.1) is 11.2 Å². The number of hydrogen-bond acceptors (Lipinski definition) is 6. The maximum Gasteiger partial charge on any atom is 0.256 e. The number of piperidine rings is 1. The maximum atomic E-state index is 15.2. The first kappa shape index (κ1) is 20.3.